The SMILES string of the molecule is CN=C(NCc1ccc(N2CCCC2)nc1)N1CC(C)(C)C1(C)C.I. The van der Waals surface area contributed by atoms with Crippen molar-refractivity contribution in [3.63, 3.8) is 0 Å². The topological polar surface area (TPSA) is 43.8 Å². The first-order chi connectivity index (χ1) is 11.3. The number of aromatic nitrogens is 1. The van der Waals surface area contributed by atoms with Crippen LogP contribution in [0, 0.1) is 5.41 Å². The van der Waals surface area contributed by atoms with Crippen LogP contribution >= 0.6 is 24.0 Å². The third kappa shape index (κ3) is 3.88. The van der Waals surface area contributed by atoms with Gasteiger partial charge in [-0.3, -0.25) is 4.99 Å². The van der Waals surface area contributed by atoms with Gasteiger partial charge in [0.2, 0.25) is 0 Å². The first-order valence-electron chi connectivity index (χ1n) is 9.03. The van der Waals surface area contributed by atoms with Gasteiger partial charge >= 0.3 is 0 Å². The number of pyridine rings is 1. The molecule has 6 heteroatoms. The second kappa shape index (κ2) is 7.68. The number of likely N-dealkylation sites (tertiary alicyclic amines) is 1. The van der Waals surface area contributed by atoms with Crippen molar-refractivity contribution in [3.05, 3.63) is 23.9 Å². The fourth-order valence-corrected chi connectivity index (χ4v) is 3.53. The average molecular weight is 457 g/mol. The van der Waals surface area contributed by atoms with E-state index in [9.17, 15) is 0 Å². The summed E-state index contributed by atoms with van der Waals surface area (Å²) in [6, 6.07) is 4.31. The average Bonchev–Trinajstić information content (AvgIpc) is 3.09. The predicted octanol–water partition coefficient (Wildman–Crippen LogP) is 3.50. The molecule has 140 valence electrons. The molecule has 0 bridgehead atoms. The van der Waals surface area contributed by atoms with Crippen LogP contribution in [-0.2, 0) is 6.54 Å². The zero-order valence-electron chi connectivity index (χ0n) is 16.2. The lowest BCUT2D eigenvalue weighted by Crippen LogP contribution is -2.72. The highest BCUT2D eigenvalue weighted by atomic mass is 127. The lowest BCUT2D eigenvalue weighted by molar-refractivity contribution is -0.0667. The molecular weight excluding hydrogens is 425 g/mol. The Hall–Kier alpha value is -1.05. The number of halogens is 1. The normalized spacial score (nSPS) is 21.6. The van der Waals surface area contributed by atoms with Crippen LogP contribution in [0.15, 0.2) is 23.3 Å². The smallest absolute Gasteiger partial charge is 0.194 e. The Morgan fingerprint density at radius 2 is 1.88 bits per heavy atom. The maximum Gasteiger partial charge on any atom is 0.194 e. The van der Waals surface area contributed by atoms with Gasteiger partial charge in [-0.15, -0.1) is 24.0 Å². The van der Waals surface area contributed by atoms with E-state index < -0.39 is 0 Å². The summed E-state index contributed by atoms with van der Waals surface area (Å²) < 4.78 is 0. The van der Waals surface area contributed by atoms with Crippen LogP contribution < -0.4 is 10.2 Å². The second-order valence-electron chi connectivity index (χ2n) is 8.15. The van der Waals surface area contributed by atoms with Crippen molar-refractivity contribution in [1.82, 2.24) is 15.2 Å². The molecule has 2 fully saturated rings. The van der Waals surface area contributed by atoms with Crippen molar-refractivity contribution >= 4 is 35.8 Å². The van der Waals surface area contributed by atoms with E-state index in [1.165, 1.54) is 18.4 Å². The minimum absolute atomic E-state index is 0. The standard InChI is InChI=1S/C19H31N5.HI/c1-18(2)14-24(19(18,3)4)17(20-5)22-13-15-8-9-16(21-12-15)23-10-6-7-11-23;/h8-9,12H,6-7,10-11,13-14H2,1-5H3,(H,20,22);1H. The molecule has 25 heavy (non-hydrogen) atoms. The summed E-state index contributed by atoms with van der Waals surface area (Å²) in [5.74, 6) is 2.08. The second-order valence-corrected chi connectivity index (χ2v) is 8.15. The van der Waals surface area contributed by atoms with Gasteiger partial charge in [-0.05, 0) is 38.3 Å². The van der Waals surface area contributed by atoms with Gasteiger partial charge in [-0.2, -0.15) is 0 Å². The van der Waals surface area contributed by atoms with Crippen molar-refractivity contribution < 1.29 is 0 Å². The van der Waals surface area contributed by atoms with Crippen LogP contribution in [0.2, 0.25) is 0 Å². The molecule has 1 N–H and O–H groups in total. The van der Waals surface area contributed by atoms with Gasteiger partial charge in [0.25, 0.3) is 0 Å². The summed E-state index contributed by atoms with van der Waals surface area (Å²) in [5, 5.41) is 3.49. The molecule has 0 unspecified atom stereocenters. The zero-order chi connectivity index (χ0) is 17.4. The molecule has 0 saturated carbocycles. The van der Waals surface area contributed by atoms with Crippen molar-refractivity contribution in [2.45, 2.75) is 52.6 Å². The van der Waals surface area contributed by atoms with E-state index in [2.05, 4.69) is 64.9 Å². The monoisotopic (exact) mass is 457 g/mol. The zero-order valence-corrected chi connectivity index (χ0v) is 18.5. The third-order valence-corrected chi connectivity index (χ3v) is 6.04. The van der Waals surface area contributed by atoms with Gasteiger partial charge in [0, 0.05) is 50.4 Å². The van der Waals surface area contributed by atoms with Crippen LogP contribution in [0.25, 0.3) is 0 Å². The molecular formula is C19H32IN5. The van der Waals surface area contributed by atoms with Crippen molar-refractivity contribution in [2.75, 3.05) is 31.6 Å². The highest BCUT2D eigenvalue weighted by molar-refractivity contribution is 14.0. The van der Waals surface area contributed by atoms with E-state index in [0.717, 1.165) is 38.0 Å². The first kappa shape index (κ1) is 20.3. The molecule has 2 saturated heterocycles. The lowest BCUT2D eigenvalue weighted by atomic mass is 9.65. The number of guanidine groups is 1. The molecule has 0 amide bonds. The van der Waals surface area contributed by atoms with Gasteiger partial charge in [-0.25, -0.2) is 4.98 Å². The molecule has 2 aliphatic rings. The lowest BCUT2D eigenvalue weighted by Gasteiger charge is -2.62. The number of hydrogen-bond acceptors (Lipinski definition) is 3. The number of aliphatic imine (C=N–C) groups is 1. The summed E-state index contributed by atoms with van der Waals surface area (Å²) in [6.45, 7) is 13.3. The number of hydrogen-bond donors (Lipinski definition) is 1. The van der Waals surface area contributed by atoms with E-state index in [-0.39, 0.29) is 29.5 Å². The quantitative estimate of drug-likeness (QED) is 0.429. The summed E-state index contributed by atoms with van der Waals surface area (Å²) in [6.07, 6.45) is 4.55. The largest absolute Gasteiger partial charge is 0.357 e. The Kier molecular flexibility index (Phi) is 6.22. The van der Waals surface area contributed by atoms with Crippen molar-refractivity contribution in [2.24, 2.45) is 10.4 Å². The van der Waals surface area contributed by atoms with E-state index in [1.54, 1.807) is 0 Å². The van der Waals surface area contributed by atoms with E-state index in [4.69, 9.17) is 0 Å². The Balaban J connectivity index is 0.00000225. The molecule has 0 atom stereocenters. The fourth-order valence-electron chi connectivity index (χ4n) is 3.53. The molecule has 1 aromatic heterocycles. The van der Waals surface area contributed by atoms with Gasteiger partial charge in [0.1, 0.15) is 5.82 Å². The summed E-state index contributed by atoms with van der Waals surface area (Å²) in [5.41, 5.74) is 1.62. The Bertz CT molecular complexity index is 603. The Morgan fingerprint density at radius 1 is 1.20 bits per heavy atom. The van der Waals surface area contributed by atoms with Crippen LogP contribution in [0.3, 0.4) is 0 Å². The number of nitrogens with one attached hydrogen (secondary N) is 1. The summed E-state index contributed by atoms with van der Waals surface area (Å²) >= 11 is 0. The van der Waals surface area contributed by atoms with E-state index >= 15 is 0 Å². The Morgan fingerprint density at radius 3 is 2.36 bits per heavy atom. The van der Waals surface area contributed by atoms with Crippen LogP contribution in [0.1, 0.15) is 46.1 Å². The number of nitrogens with zero attached hydrogens (tertiary/aromatic N) is 4. The predicted molar refractivity (Wildman–Crippen MR) is 116 cm³/mol. The fraction of sp³-hybridized carbons (Fsp3) is 0.684. The summed E-state index contributed by atoms with van der Waals surface area (Å²) in [7, 11) is 1.86. The molecule has 0 aliphatic carbocycles. The van der Waals surface area contributed by atoms with Crippen molar-refractivity contribution in [3.8, 4) is 0 Å². The molecule has 0 radical (unpaired) electrons. The maximum atomic E-state index is 4.63. The molecule has 0 aromatic carbocycles. The third-order valence-electron chi connectivity index (χ3n) is 6.04. The van der Waals surface area contributed by atoms with Gasteiger partial charge in [-0.1, -0.05) is 19.9 Å². The van der Waals surface area contributed by atoms with Gasteiger partial charge in [0.05, 0.1) is 0 Å². The van der Waals surface area contributed by atoms with Gasteiger partial charge in [0.15, 0.2) is 5.96 Å². The molecule has 5 nitrogen and oxygen atoms in total. The highest BCUT2D eigenvalue weighted by Crippen LogP contribution is 2.46. The molecule has 3 rings (SSSR count). The van der Waals surface area contributed by atoms with E-state index in [1.807, 2.05) is 13.2 Å². The first-order valence-corrected chi connectivity index (χ1v) is 9.03. The highest BCUT2D eigenvalue weighted by Gasteiger charge is 2.53. The Labute approximate surface area is 169 Å². The minimum atomic E-state index is 0. The number of rotatable bonds is 3. The van der Waals surface area contributed by atoms with E-state index in [0.29, 0.717) is 5.41 Å². The molecule has 0 spiro atoms. The van der Waals surface area contributed by atoms with Crippen LogP contribution in [-0.4, -0.2) is 48.1 Å². The van der Waals surface area contributed by atoms with Gasteiger partial charge < -0.3 is 15.1 Å². The maximum absolute atomic E-state index is 4.63. The molecule has 2 aliphatic heterocycles. The number of anilines is 1. The van der Waals surface area contributed by atoms with Crippen LogP contribution in [0.4, 0.5) is 5.82 Å². The molecule has 1 aromatic rings. The minimum Gasteiger partial charge on any atom is -0.357 e. The van der Waals surface area contributed by atoms with Crippen molar-refractivity contribution in [1.29, 1.82) is 0 Å². The molecule has 3 heterocycles. The summed E-state index contributed by atoms with van der Waals surface area (Å²) in [4.78, 5) is 13.8. The van der Waals surface area contributed by atoms with Crippen LogP contribution in [0.5, 0.6) is 0 Å².